The van der Waals surface area contributed by atoms with Gasteiger partial charge in [0.1, 0.15) is 0 Å². The average Bonchev–Trinajstić information content (AvgIpc) is 3.23. The Bertz CT molecular complexity index is 1260. The number of nitrogens with one attached hydrogen (secondary N) is 1. The first-order valence-electron chi connectivity index (χ1n) is 12.5. The molecule has 1 aromatic heterocycles. The molecular weight excluding hydrogens is 540 g/mol. The Kier molecular flexibility index (Phi) is 8.70. The second kappa shape index (κ2) is 11.8. The lowest BCUT2D eigenvalue weighted by Gasteiger charge is -2.31. The van der Waals surface area contributed by atoms with Crippen molar-refractivity contribution >= 4 is 31.7 Å². The van der Waals surface area contributed by atoms with Crippen molar-refractivity contribution in [3.05, 3.63) is 82.0 Å². The third-order valence-corrected chi connectivity index (χ3v) is 8.89. The van der Waals surface area contributed by atoms with E-state index in [4.69, 9.17) is 4.42 Å². The molecule has 1 N–H and O–H groups in total. The van der Waals surface area contributed by atoms with Gasteiger partial charge in [0.2, 0.25) is 14.9 Å². The van der Waals surface area contributed by atoms with Gasteiger partial charge in [0, 0.05) is 11.0 Å². The summed E-state index contributed by atoms with van der Waals surface area (Å²) in [5.74, 6) is 0.0126. The van der Waals surface area contributed by atoms with Crippen LogP contribution in [0.25, 0.3) is 0 Å². The van der Waals surface area contributed by atoms with E-state index in [1.807, 2.05) is 0 Å². The number of furan rings is 1. The molecular formula is C28H33BrN2O4S. The van der Waals surface area contributed by atoms with E-state index in [2.05, 4.69) is 64.3 Å². The van der Waals surface area contributed by atoms with Crippen molar-refractivity contribution in [2.75, 3.05) is 19.6 Å². The number of nitrogens with zero attached hydrogens (tertiary/aromatic N) is 1. The number of hydrogen-bond acceptors (Lipinski definition) is 5. The zero-order valence-corrected chi connectivity index (χ0v) is 23.1. The Hall–Kier alpha value is -2.42. The average molecular weight is 574 g/mol. The number of carbonyl (C=O) groups is 1. The monoisotopic (exact) mass is 572 g/mol. The molecule has 6 nitrogen and oxygen atoms in total. The van der Waals surface area contributed by atoms with Crippen LogP contribution in [-0.4, -0.2) is 38.9 Å². The lowest BCUT2D eigenvalue weighted by Crippen LogP contribution is -2.38. The maximum atomic E-state index is 13.0. The fraction of sp³-hybridized carbons (Fsp3) is 0.393. The number of benzene rings is 2. The highest BCUT2D eigenvalue weighted by molar-refractivity contribution is 9.10. The summed E-state index contributed by atoms with van der Waals surface area (Å²) in [4.78, 5) is 15.5. The van der Waals surface area contributed by atoms with Crippen LogP contribution in [0.4, 0.5) is 0 Å². The van der Waals surface area contributed by atoms with Gasteiger partial charge in [-0.1, -0.05) is 66.9 Å². The van der Waals surface area contributed by atoms with Crippen LogP contribution in [0.3, 0.4) is 0 Å². The van der Waals surface area contributed by atoms with E-state index in [-0.39, 0.29) is 21.8 Å². The molecule has 1 atom stereocenters. The predicted molar refractivity (Wildman–Crippen MR) is 144 cm³/mol. The fourth-order valence-electron chi connectivity index (χ4n) is 4.56. The molecule has 1 saturated heterocycles. The van der Waals surface area contributed by atoms with Gasteiger partial charge in [-0.2, -0.15) is 0 Å². The molecule has 0 radical (unpaired) electrons. The molecule has 1 aliphatic rings. The lowest BCUT2D eigenvalue weighted by molar-refractivity contribution is 0.0900. The Balaban J connectivity index is 1.50. The van der Waals surface area contributed by atoms with Crippen LogP contribution in [-0.2, 0) is 9.84 Å². The highest BCUT2D eigenvalue weighted by atomic mass is 79.9. The Morgan fingerprint density at radius 3 is 2.14 bits per heavy atom. The summed E-state index contributed by atoms with van der Waals surface area (Å²) in [6.45, 7) is 6.74. The third kappa shape index (κ3) is 6.28. The Morgan fingerprint density at radius 1 is 0.917 bits per heavy atom. The zero-order valence-electron chi connectivity index (χ0n) is 20.7. The Morgan fingerprint density at radius 2 is 1.53 bits per heavy atom. The van der Waals surface area contributed by atoms with Gasteiger partial charge in [-0.05, 0) is 79.4 Å². The van der Waals surface area contributed by atoms with Crippen molar-refractivity contribution in [1.29, 1.82) is 0 Å². The van der Waals surface area contributed by atoms with Crippen LogP contribution in [0.5, 0.6) is 0 Å². The van der Waals surface area contributed by atoms with Crippen LogP contribution >= 0.6 is 15.9 Å². The van der Waals surface area contributed by atoms with Crippen LogP contribution in [0.2, 0.25) is 0 Å². The lowest BCUT2D eigenvalue weighted by atomic mass is 9.98. The van der Waals surface area contributed by atoms with Crippen molar-refractivity contribution in [3.63, 3.8) is 0 Å². The minimum atomic E-state index is -3.85. The van der Waals surface area contributed by atoms with Gasteiger partial charge in [0.25, 0.3) is 5.91 Å². The topological polar surface area (TPSA) is 79.6 Å². The molecule has 4 rings (SSSR count). The summed E-state index contributed by atoms with van der Waals surface area (Å²) in [5, 5.41) is 2.74. The highest BCUT2D eigenvalue weighted by Crippen LogP contribution is 2.27. The summed E-state index contributed by atoms with van der Waals surface area (Å²) in [7, 11) is -3.85. The van der Waals surface area contributed by atoms with Gasteiger partial charge in [-0.25, -0.2) is 8.42 Å². The largest absolute Gasteiger partial charge is 0.439 e. The zero-order chi connectivity index (χ0) is 25.7. The van der Waals surface area contributed by atoms with E-state index in [9.17, 15) is 13.2 Å². The first-order valence-corrected chi connectivity index (χ1v) is 14.8. The van der Waals surface area contributed by atoms with E-state index < -0.39 is 15.7 Å². The molecule has 192 valence electrons. The summed E-state index contributed by atoms with van der Waals surface area (Å²) in [6, 6.07) is 17.7. The molecule has 1 unspecified atom stereocenters. The first kappa shape index (κ1) is 26.6. The number of likely N-dealkylation sites (tertiary alicyclic amines) is 1. The maximum Gasteiger partial charge on any atom is 0.287 e. The molecule has 2 heterocycles. The van der Waals surface area contributed by atoms with Gasteiger partial charge in [-0.3, -0.25) is 9.69 Å². The van der Waals surface area contributed by atoms with Crippen molar-refractivity contribution in [1.82, 2.24) is 10.2 Å². The summed E-state index contributed by atoms with van der Waals surface area (Å²) >= 11 is 3.31. The first-order chi connectivity index (χ1) is 17.3. The number of sulfone groups is 1. The molecule has 8 heteroatoms. The molecule has 1 amide bonds. The molecule has 2 aromatic carbocycles. The Labute approximate surface area is 222 Å². The molecule has 0 bridgehead atoms. The highest BCUT2D eigenvalue weighted by Gasteiger charge is 2.26. The molecule has 0 saturated carbocycles. The standard InChI is InChI=1S/C28H33BrN2O4S/c1-20(2)21-7-9-22(10-8-21)25(31-17-5-3-4-6-18-31)19-30-28(32)26-15-16-27(35-26)36(33,34)24-13-11-23(29)12-14-24/h7-16,20,25H,3-6,17-19H2,1-2H3,(H,30,32). The number of hydrogen-bond donors (Lipinski definition) is 1. The van der Waals surface area contributed by atoms with E-state index in [0.717, 1.165) is 30.4 Å². The molecule has 3 aromatic rings. The minimum Gasteiger partial charge on any atom is -0.439 e. The van der Waals surface area contributed by atoms with Gasteiger partial charge >= 0.3 is 0 Å². The molecule has 1 aliphatic heterocycles. The summed E-state index contributed by atoms with van der Waals surface area (Å²) in [5.41, 5.74) is 2.45. The number of rotatable bonds is 8. The van der Waals surface area contributed by atoms with Gasteiger partial charge in [0.15, 0.2) is 5.76 Å². The molecule has 0 spiro atoms. The van der Waals surface area contributed by atoms with E-state index in [0.29, 0.717) is 12.5 Å². The van der Waals surface area contributed by atoms with Gasteiger partial charge in [-0.15, -0.1) is 0 Å². The maximum absolute atomic E-state index is 13.0. The quantitative estimate of drug-likeness (QED) is 0.340. The van der Waals surface area contributed by atoms with E-state index >= 15 is 0 Å². The summed E-state index contributed by atoms with van der Waals surface area (Å²) < 4.78 is 32.1. The third-order valence-electron chi connectivity index (χ3n) is 6.72. The smallest absolute Gasteiger partial charge is 0.287 e. The van der Waals surface area contributed by atoms with Gasteiger partial charge in [0.05, 0.1) is 10.9 Å². The normalized spacial score (nSPS) is 16.0. The van der Waals surface area contributed by atoms with Crippen LogP contribution in [0, 0.1) is 0 Å². The van der Waals surface area contributed by atoms with Crippen LogP contribution < -0.4 is 5.32 Å². The second-order valence-corrected chi connectivity index (χ2v) is 12.4. The minimum absolute atomic E-state index is 0.0181. The fourth-order valence-corrected chi connectivity index (χ4v) is 6.00. The summed E-state index contributed by atoms with van der Waals surface area (Å²) in [6.07, 6.45) is 4.74. The van der Waals surface area contributed by atoms with Gasteiger partial charge < -0.3 is 9.73 Å². The molecule has 0 aliphatic carbocycles. The predicted octanol–water partition coefficient (Wildman–Crippen LogP) is 6.35. The van der Waals surface area contributed by atoms with Crippen LogP contribution in [0.15, 0.2) is 79.5 Å². The number of amides is 1. The molecule has 36 heavy (non-hydrogen) atoms. The van der Waals surface area contributed by atoms with Crippen molar-refractivity contribution in [2.45, 2.75) is 61.5 Å². The number of carbonyl (C=O) groups excluding carboxylic acids is 1. The SMILES string of the molecule is CC(C)c1ccc(C(CNC(=O)c2ccc(S(=O)(=O)c3ccc(Br)cc3)o2)N2CCCCCC2)cc1. The van der Waals surface area contributed by atoms with Crippen molar-refractivity contribution < 1.29 is 17.6 Å². The van der Waals surface area contributed by atoms with Crippen LogP contribution in [0.1, 0.15) is 73.2 Å². The second-order valence-electron chi connectivity index (χ2n) is 9.57. The van der Waals surface area contributed by atoms with Crippen molar-refractivity contribution in [3.8, 4) is 0 Å². The number of halogens is 1. The van der Waals surface area contributed by atoms with E-state index in [1.165, 1.54) is 48.2 Å². The van der Waals surface area contributed by atoms with E-state index in [1.54, 1.807) is 12.1 Å². The van der Waals surface area contributed by atoms with Crippen molar-refractivity contribution in [2.24, 2.45) is 0 Å². The molecule has 1 fully saturated rings.